The fourth-order valence-electron chi connectivity index (χ4n) is 6.95. The van der Waals surface area contributed by atoms with Gasteiger partial charge in [0.05, 0.1) is 30.1 Å². The molecule has 1 N–H and O–H groups in total. The Morgan fingerprint density at radius 2 is 1.68 bits per heavy atom. The molecule has 3 fully saturated rings. The lowest BCUT2D eigenvalue weighted by Crippen LogP contribution is -2.56. The number of likely N-dealkylation sites (tertiary alicyclic amines) is 1. The number of fused-ring (bicyclic) bond motifs is 3. The third kappa shape index (κ3) is 4.66. The van der Waals surface area contributed by atoms with Crippen LogP contribution in [-0.4, -0.2) is 70.2 Å². The molecule has 8 nitrogen and oxygen atoms in total. The van der Waals surface area contributed by atoms with Crippen LogP contribution < -0.4 is 5.32 Å². The smallest absolute Gasteiger partial charge is 0.409 e. The number of hydrogen-bond acceptors (Lipinski definition) is 5. The van der Waals surface area contributed by atoms with Crippen LogP contribution in [0, 0.1) is 12.8 Å². The molecule has 1 unspecified atom stereocenters. The van der Waals surface area contributed by atoms with E-state index in [2.05, 4.69) is 58.1 Å². The molecule has 6 rings (SSSR count). The molecule has 3 aromatic rings. The number of carbonyl (C=O) groups is 2. The number of benzene rings is 2. The molecular weight excluding hydrogens is 478 g/mol. The Morgan fingerprint density at radius 1 is 1.00 bits per heavy atom. The van der Waals surface area contributed by atoms with Gasteiger partial charge < -0.3 is 19.5 Å². The van der Waals surface area contributed by atoms with Crippen molar-refractivity contribution in [1.82, 2.24) is 24.7 Å². The first-order chi connectivity index (χ1) is 18.5. The summed E-state index contributed by atoms with van der Waals surface area (Å²) in [5.74, 6) is 0.946. The Hall–Kier alpha value is -3.39. The minimum atomic E-state index is -0.369. The van der Waals surface area contributed by atoms with Crippen molar-refractivity contribution in [3.63, 3.8) is 0 Å². The standard InChI is InChI=1S/C30H37N5O3/c1-20-31-27-10-6-7-11-28(27)35(20)25-16-23-12-13-24(17-25)34(23)15-14-26(21-8-4-3-5-9-21)32-29(36)22-18-33(19-22)30(37)38-2/h3-11,22-26H,12-19H2,1-2H3,(H,32,36)/t23-,24+,25?,26-/m0/s1. The molecule has 1 aromatic heterocycles. The lowest BCUT2D eigenvalue weighted by molar-refractivity contribution is -0.130. The third-order valence-electron chi connectivity index (χ3n) is 8.88. The number of aromatic nitrogens is 2. The van der Waals surface area contributed by atoms with Crippen molar-refractivity contribution >= 4 is 23.0 Å². The topological polar surface area (TPSA) is 79.7 Å². The van der Waals surface area contributed by atoms with E-state index < -0.39 is 0 Å². The minimum Gasteiger partial charge on any atom is -0.453 e. The van der Waals surface area contributed by atoms with Gasteiger partial charge >= 0.3 is 6.09 Å². The number of rotatable bonds is 7. The fraction of sp³-hybridized carbons (Fsp3) is 0.500. The average molecular weight is 516 g/mol. The second-order valence-electron chi connectivity index (χ2n) is 11.1. The fourth-order valence-corrected chi connectivity index (χ4v) is 6.95. The monoisotopic (exact) mass is 515 g/mol. The number of ether oxygens (including phenoxy) is 1. The number of nitrogens with zero attached hydrogens (tertiary/aromatic N) is 4. The highest BCUT2D eigenvalue weighted by Gasteiger charge is 2.42. The first kappa shape index (κ1) is 24.9. The number of amides is 2. The zero-order valence-electron chi connectivity index (χ0n) is 22.3. The summed E-state index contributed by atoms with van der Waals surface area (Å²) < 4.78 is 7.24. The zero-order valence-corrected chi connectivity index (χ0v) is 22.3. The normalized spacial score (nSPS) is 24.3. The molecule has 4 heterocycles. The quantitative estimate of drug-likeness (QED) is 0.503. The molecular formula is C30H37N5O3. The van der Waals surface area contributed by atoms with Gasteiger partial charge in [-0.05, 0) is 56.7 Å². The van der Waals surface area contributed by atoms with Crippen LogP contribution >= 0.6 is 0 Å². The van der Waals surface area contributed by atoms with Gasteiger partial charge in [-0.3, -0.25) is 9.69 Å². The van der Waals surface area contributed by atoms with Crippen LogP contribution in [0.4, 0.5) is 4.79 Å². The van der Waals surface area contributed by atoms with Crippen LogP contribution in [0.1, 0.15) is 55.6 Å². The van der Waals surface area contributed by atoms with E-state index in [1.165, 1.54) is 25.5 Å². The van der Waals surface area contributed by atoms with Gasteiger partial charge in [0.15, 0.2) is 0 Å². The van der Waals surface area contributed by atoms with Gasteiger partial charge in [-0.25, -0.2) is 9.78 Å². The molecule has 200 valence electrons. The summed E-state index contributed by atoms with van der Waals surface area (Å²) in [5.41, 5.74) is 3.46. The Morgan fingerprint density at radius 3 is 2.39 bits per heavy atom. The van der Waals surface area contributed by atoms with E-state index in [4.69, 9.17) is 9.72 Å². The van der Waals surface area contributed by atoms with Crippen molar-refractivity contribution < 1.29 is 14.3 Å². The highest BCUT2D eigenvalue weighted by atomic mass is 16.5. The molecule has 2 aromatic carbocycles. The van der Waals surface area contributed by atoms with E-state index in [1.807, 2.05) is 18.2 Å². The van der Waals surface area contributed by atoms with Crippen molar-refractivity contribution in [3.8, 4) is 0 Å². The lowest BCUT2D eigenvalue weighted by atomic mass is 9.94. The summed E-state index contributed by atoms with van der Waals surface area (Å²) in [6.45, 7) is 3.93. The second-order valence-corrected chi connectivity index (χ2v) is 11.1. The largest absolute Gasteiger partial charge is 0.453 e. The van der Waals surface area contributed by atoms with Crippen LogP contribution in [0.15, 0.2) is 54.6 Å². The molecule has 3 saturated heterocycles. The van der Waals surface area contributed by atoms with Gasteiger partial charge in [-0.15, -0.1) is 0 Å². The van der Waals surface area contributed by atoms with Gasteiger partial charge in [-0.2, -0.15) is 0 Å². The van der Waals surface area contributed by atoms with Crippen LogP contribution in [0.2, 0.25) is 0 Å². The average Bonchev–Trinajstić information content (AvgIpc) is 3.36. The number of methoxy groups -OCH3 is 1. The van der Waals surface area contributed by atoms with E-state index in [0.29, 0.717) is 31.2 Å². The number of nitrogens with one attached hydrogen (secondary N) is 1. The molecule has 3 aliphatic heterocycles. The predicted molar refractivity (Wildman–Crippen MR) is 146 cm³/mol. The van der Waals surface area contributed by atoms with Crippen LogP contribution in [0.5, 0.6) is 0 Å². The van der Waals surface area contributed by atoms with E-state index in [1.54, 1.807) is 4.90 Å². The molecule has 0 saturated carbocycles. The Balaban J connectivity index is 1.11. The number of aryl methyl sites for hydroxylation is 1. The molecule has 8 heteroatoms. The number of hydrogen-bond donors (Lipinski definition) is 1. The number of carbonyl (C=O) groups excluding carboxylic acids is 2. The van der Waals surface area contributed by atoms with Crippen molar-refractivity contribution in [2.45, 2.75) is 63.2 Å². The van der Waals surface area contributed by atoms with E-state index in [9.17, 15) is 9.59 Å². The predicted octanol–water partition coefficient (Wildman–Crippen LogP) is 4.46. The second kappa shape index (κ2) is 10.4. The van der Waals surface area contributed by atoms with Gasteiger partial charge in [0.1, 0.15) is 5.82 Å². The van der Waals surface area contributed by atoms with E-state index in [0.717, 1.165) is 42.7 Å². The zero-order chi connectivity index (χ0) is 26.2. The summed E-state index contributed by atoms with van der Waals surface area (Å²) in [4.78, 5) is 33.8. The Labute approximate surface area is 224 Å². The summed E-state index contributed by atoms with van der Waals surface area (Å²) >= 11 is 0. The molecule has 0 aliphatic carbocycles. The molecule has 3 aliphatic rings. The third-order valence-corrected chi connectivity index (χ3v) is 8.88. The number of imidazole rings is 1. The molecule has 2 bridgehead atoms. The summed E-state index contributed by atoms with van der Waals surface area (Å²) in [5, 5.41) is 3.30. The molecule has 0 radical (unpaired) electrons. The summed E-state index contributed by atoms with van der Waals surface area (Å²) in [6, 6.07) is 20.3. The van der Waals surface area contributed by atoms with E-state index >= 15 is 0 Å². The SMILES string of the molecule is COC(=O)N1CC(C(=O)N[C@@H](CCN2[C@@H]3CC[C@H]2CC(n2c(C)nc4ccccc42)C3)c2ccccc2)C1. The van der Waals surface area contributed by atoms with Gasteiger partial charge in [0.25, 0.3) is 0 Å². The Bertz CT molecular complexity index is 1290. The number of piperidine rings is 1. The first-order valence-electron chi connectivity index (χ1n) is 13.9. The number of para-hydroxylation sites is 2. The van der Waals surface area contributed by atoms with Crippen LogP contribution in [0.3, 0.4) is 0 Å². The first-order valence-corrected chi connectivity index (χ1v) is 13.9. The van der Waals surface area contributed by atoms with Crippen molar-refractivity contribution in [1.29, 1.82) is 0 Å². The van der Waals surface area contributed by atoms with E-state index in [-0.39, 0.29) is 24.0 Å². The maximum absolute atomic E-state index is 13.1. The maximum atomic E-state index is 13.1. The van der Waals surface area contributed by atoms with Crippen molar-refractivity contribution in [3.05, 3.63) is 66.0 Å². The molecule has 2 amide bonds. The highest BCUT2D eigenvalue weighted by Crippen LogP contribution is 2.42. The van der Waals surface area contributed by atoms with Crippen LogP contribution in [0.25, 0.3) is 11.0 Å². The van der Waals surface area contributed by atoms with Gasteiger partial charge in [0.2, 0.25) is 5.91 Å². The highest BCUT2D eigenvalue weighted by molar-refractivity contribution is 5.83. The minimum absolute atomic E-state index is 0.0168. The summed E-state index contributed by atoms with van der Waals surface area (Å²) in [6.07, 6.45) is 5.26. The molecule has 0 spiro atoms. The molecule has 4 atom stereocenters. The van der Waals surface area contributed by atoms with Gasteiger partial charge in [-0.1, -0.05) is 42.5 Å². The van der Waals surface area contributed by atoms with Crippen molar-refractivity contribution in [2.24, 2.45) is 5.92 Å². The summed E-state index contributed by atoms with van der Waals surface area (Å²) in [7, 11) is 1.37. The van der Waals surface area contributed by atoms with Crippen LogP contribution in [-0.2, 0) is 9.53 Å². The lowest BCUT2D eigenvalue weighted by Gasteiger charge is -2.41. The van der Waals surface area contributed by atoms with Gasteiger partial charge in [0, 0.05) is 37.8 Å². The maximum Gasteiger partial charge on any atom is 0.409 e. The van der Waals surface area contributed by atoms with Crippen molar-refractivity contribution in [2.75, 3.05) is 26.7 Å². The Kier molecular flexibility index (Phi) is 6.82. The molecule has 38 heavy (non-hydrogen) atoms.